The molecule has 0 bridgehead atoms. The zero-order chi connectivity index (χ0) is 13.4. The Kier molecular flexibility index (Phi) is 2.56. The third kappa shape index (κ3) is 1.97. The molecule has 0 atom stereocenters. The van der Waals surface area contributed by atoms with Gasteiger partial charge in [0.15, 0.2) is 5.69 Å². The fourth-order valence-electron chi connectivity index (χ4n) is 2.11. The first-order valence-electron chi connectivity index (χ1n) is 5.71. The van der Waals surface area contributed by atoms with Crippen LogP contribution in [0.25, 0.3) is 0 Å². The Labute approximate surface area is 108 Å². The number of carboxylic acids is 1. The highest BCUT2D eigenvalue weighted by molar-refractivity contribution is 5.94. The number of carboxylic acid groups (broad SMARTS) is 1. The van der Waals surface area contributed by atoms with Crippen LogP contribution < -0.4 is 0 Å². The number of amides is 1. The highest BCUT2D eigenvalue weighted by Crippen LogP contribution is 2.24. The Bertz CT molecular complexity index is 637. The standard InChI is InChI=1S/C13H10N2O4/c16-12(11-5-10(13(17)18)14-19-11)15-6-8-3-1-2-4-9(8)7-15/h1-5H,6-7H2,(H,17,18). The van der Waals surface area contributed by atoms with Gasteiger partial charge in [0, 0.05) is 19.2 Å². The third-order valence-corrected chi connectivity index (χ3v) is 3.07. The molecule has 1 aliphatic heterocycles. The van der Waals surface area contributed by atoms with Crippen molar-refractivity contribution >= 4 is 11.9 Å². The van der Waals surface area contributed by atoms with E-state index < -0.39 is 5.97 Å². The van der Waals surface area contributed by atoms with Crippen molar-refractivity contribution < 1.29 is 19.2 Å². The van der Waals surface area contributed by atoms with Gasteiger partial charge in [0.1, 0.15) is 0 Å². The molecule has 1 aromatic heterocycles. The Morgan fingerprint density at radius 3 is 2.37 bits per heavy atom. The van der Waals surface area contributed by atoms with Crippen molar-refractivity contribution in [3.63, 3.8) is 0 Å². The number of hydrogen-bond acceptors (Lipinski definition) is 4. The highest BCUT2D eigenvalue weighted by Gasteiger charge is 2.27. The van der Waals surface area contributed by atoms with Crippen molar-refractivity contribution in [1.82, 2.24) is 10.1 Å². The number of carbonyl (C=O) groups is 2. The molecule has 0 saturated carbocycles. The van der Waals surface area contributed by atoms with Crippen LogP contribution in [-0.2, 0) is 13.1 Å². The van der Waals surface area contributed by atoms with Crippen LogP contribution in [0, 0.1) is 0 Å². The Hall–Kier alpha value is -2.63. The van der Waals surface area contributed by atoms with E-state index in [-0.39, 0.29) is 17.4 Å². The molecule has 6 heteroatoms. The van der Waals surface area contributed by atoms with E-state index in [0.717, 1.165) is 17.2 Å². The molecular formula is C13H10N2O4. The van der Waals surface area contributed by atoms with Crippen LogP contribution >= 0.6 is 0 Å². The van der Waals surface area contributed by atoms with Crippen LogP contribution in [0.1, 0.15) is 32.2 Å². The summed E-state index contributed by atoms with van der Waals surface area (Å²) in [6.45, 7) is 0.996. The molecule has 0 fully saturated rings. The van der Waals surface area contributed by atoms with Gasteiger partial charge in [0.25, 0.3) is 5.91 Å². The predicted octanol–water partition coefficient (Wildman–Crippen LogP) is 1.53. The fourth-order valence-corrected chi connectivity index (χ4v) is 2.11. The lowest BCUT2D eigenvalue weighted by Crippen LogP contribution is -2.24. The number of fused-ring (bicyclic) bond motifs is 1. The minimum Gasteiger partial charge on any atom is -0.476 e. The number of benzene rings is 1. The van der Waals surface area contributed by atoms with Crippen molar-refractivity contribution in [3.8, 4) is 0 Å². The van der Waals surface area contributed by atoms with E-state index in [2.05, 4.69) is 5.16 Å². The summed E-state index contributed by atoms with van der Waals surface area (Å²) in [5.74, 6) is -1.62. The van der Waals surface area contributed by atoms with Gasteiger partial charge in [-0.05, 0) is 11.1 Å². The third-order valence-electron chi connectivity index (χ3n) is 3.07. The van der Waals surface area contributed by atoms with Crippen molar-refractivity contribution in [2.75, 3.05) is 0 Å². The highest BCUT2D eigenvalue weighted by atomic mass is 16.5. The van der Waals surface area contributed by atoms with Gasteiger partial charge in [-0.2, -0.15) is 0 Å². The molecule has 6 nitrogen and oxygen atoms in total. The van der Waals surface area contributed by atoms with Crippen LogP contribution in [0.4, 0.5) is 0 Å². The van der Waals surface area contributed by atoms with E-state index in [9.17, 15) is 9.59 Å². The second-order valence-corrected chi connectivity index (χ2v) is 4.31. The first-order chi connectivity index (χ1) is 9.15. The van der Waals surface area contributed by atoms with E-state index in [4.69, 9.17) is 9.63 Å². The van der Waals surface area contributed by atoms with Gasteiger partial charge in [-0.15, -0.1) is 0 Å². The van der Waals surface area contributed by atoms with Gasteiger partial charge in [-0.25, -0.2) is 4.79 Å². The first-order valence-corrected chi connectivity index (χ1v) is 5.71. The number of hydrogen-bond donors (Lipinski definition) is 1. The summed E-state index contributed by atoms with van der Waals surface area (Å²) in [5.41, 5.74) is 1.92. The number of carbonyl (C=O) groups excluding carboxylic acids is 1. The molecule has 96 valence electrons. The summed E-state index contributed by atoms with van der Waals surface area (Å²) in [5, 5.41) is 12.1. The molecule has 1 amide bonds. The van der Waals surface area contributed by atoms with E-state index in [1.807, 2.05) is 24.3 Å². The van der Waals surface area contributed by atoms with E-state index in [0.29, 0.717) is 13.1 Å². The topological polar surface area (TPSA) is 83.6 Å². The molecule has 2 aromatic rings. The number of aromatic nitrogens is 1. The van der Waals surface area contributed by atoms with Crippen molar-refractivity contribution in [2.45, 2.75) is 13.1 Å². The van der Waals surface area contributed by atoms with Crippen LogP contribution in [0.5, 0.6) is 0 Å². The summed E-state index contributed by atoms with van der Waals surface area (Å²) in [6, 6.07) is 8.92. The lowest BCUT2D eigenvalue weighted by molar-refractivity contribution is 0.0675. The maximum absolute atomic E-state index is 12.2. The van der Waals surface area contributed by atoms with E-state index >= 15 is 0 Å². The average Bonchev–Trinajstić information content (AvgIpc) is 3.04. The molecule has 1 aromatic carbocycles. The molecule has 3 rings (SSSR count). The quantitative estimate of drug-likeness (QED) is 0.883. The Morgan fingerprint density at radius 1 is 1.21 bits per heavy atom. The Balaban J connectivity index is 1.81. The molecular weight excluding hydrogens is 248 g/mol. The molecule has 0 radical (unpaired) electrons. The van der Waals surface area contributed by atoms with Crippen LogP contribution in [0.15, 0.2) is 34.9 Å². The summed E-state index contributed by atoms with van der Waals surface area (Å²) >= 11 is 0. The summed E-state index contributed by atoms with van der Waals surface area (Å²) in [6.07, 6.45) is 0. The maximum Gasteiger partial charge on any atom is 0.358 e. The zero-order valence-electron chi connectivity index (χ0n) is 9.87. The fraction of sp³-hybridized carbons (Fsp3) is 0.154. The largest absolute Gasteiger partial charge is 0.476 e. The monoisotopic (exact) mass is 258 g/mol. The molecule has 0 spiro atoms. The van der Waals surface area contributed by atoms with Crippen LogP contribution in [-0.4, -0.2) is 27.0 Å². The molecule has 19 heavy (non-hydrogen) atoms. The second-order valence-electron chi connectivity index (χ2n) is 4.31. The van der Waals surface area contributed by atoms with Crippen molar-refractivity contribution in [1.29, 1.82) is 0 Å². The number of rotatable bonds is 2. The summed E-state index contributed by atoms with van der Waals surface area (Å²) < 4.78 is 4.78. The smallest absolute Gasteiger partial charge is 0.358 e. The average molecular weight is 258 g/mol. The van der Waals surface area contributed by atoms with Crippen LogP contribution in [0.2, 0.25) is 0 Å². The predicted molar refractivity (Wildman–Crippen MR) is 63.5 cm³/mol. The normalized spacial score (nSPS) is 13.4. The summed E-state index contributed by atoms with van der Waals surface area (Å²) in [4.78, 5) is 24.4. The van der Waals surface area contributed by atoms with E-state index in [1.54, 1.807) is 4.90 Å². The Morgan fingerprint density at radius 2 is 1.84 bits per heavy atom. The van der Waals surface area contributed by atoms with Gasteiger partial charge in [-0.3, -0.25) is 4.79 Å². The van der Waals surface area contributed by atoms with Gasteiger partial charge < -0.3 is 14.5 Å². The first kappa shape index (κ1) is 11.5. The molecule has 0 unspecified atom stereocenters. The second kappa shape index (κ2) is 4.24. The molecule has 0 aliphatic carbocycles. The number of nitrogens with zero attached hydrogens (tertiary/aromatic N) is 2. The van der Waals surface area contributed by atoms with Gasteiger partial charge in [-0.1, -0.05) is 29.4 Å². The zero-order valence-corrected chi connectivity index (χ0v) is 9.87. The van der Waals surface area contributed by atoms with E-state index in [1.165, 1.54) is 0 Å². The SMILES string of the molecule is O=C(O)c1cc(C(=O)N2Cc3ccccc3C2)on1. The van der Waals surface area contributed by atoms with Crippen molar-refractivity contribution in [3.05, 3.63) is 52.9 Å². The minimum absolute atomic E-state index is 0.0507. The van der Waals surface area contributed by atoms with Gasteiger partial charge >= 0.3 is 5.97 Å². The molecule has 0 saturated heterocycles. The summed E-state index contributed by atoms with van der Waals surface area (Å²) in [7, 11) is 0. The number of aromatic carboxylic acids is 1. The van der Waals surface area contributed by atoms with Gasteiger partial charge in [0.05, 0.1) is 0 Å². The minimum atomic E-state index is -1.22. The van der Waals surface area contributed by atoms with Gasteiger partial charge in [0.2, 0.25) is 5.76 Å². The van der Waals surface area contributed by atoms with Crippen molar-refractivity contribution in [2.24, 2.45) is 0 Å². The molecule has 1 aliphatic rings. The lowest BCUT2D eigenvalue weighted by atomic mass is 10.1. The lowest BCUT2D eigenvalue weighted by Gasteiger charge is -2.12. The molecule has 1 N–H and O–H groups in total. The maximum atomic E-state index is 12.2. The molecule has 2 heterocycles. The van der Waals surface area contributed by atoms with Crippen LogP contribution in [0.3, 0.4) is 0 Å².